The van der Waals surface area contributed by atoms with Gasteiger partial charge in [0.05, 0.1) is 22.6 Å². The molecule has 56 heavy (non-hydrogen) atoms. The summed E-state index contributed by atoms with van der Waals surface area (Å²) in [6.07, 6.45) is 9.27. The zero-order valence-electron chi connectivity index (χ0n) is 30.4. The molecule has 0 spiro atoms. The number of nitrogens with zero attached hydrogens (tertiary/aromatic N) is 5. The lowest BCUT2D eigenvalue weighted by atomic mass is 9.61. The first-order chi connectivity index (χ1) is 27.4. The first kappa shape index (κ1) is 35.0. The third-order valence-electron chi connectivity index (χ3n) is 12.1. The van der Waals surface area contributed by atoms with E-state index in [0.29, 0.717) is 27.5 Å². The van der Waals surface area contributed by atoms with Gasteiger partial charge in [-0.2, -0.15) is 0 Å². The Bertz CT molecular complexity index is 2470. The highest BCUT2D eigenvalue weighted by Gasteiger charge is 2.48. The number of carboxylic acids is 1. The average molecular weight is 781 g/mol. The smallest absolute Gasteiger partial charge is 0.308 e. The normalized spacial score (nSPS) is 20.7. The minimum absolute atomic E-state index is 0.00787. The molecular formula is C45H38ClFN6O2S. The van der Waals surface area contributed by atoms with Gasteiger partial charge in [0, 0.05) is 17.1 Å². The molecule has 2 N–H and O–H groups in total. The van der Waals surface area contributed by atoms with E-state index < -0.39 is 29.3 Å². The summed E-state index contributed by atoms with van der Waals surface area (Å²) in [6, 6.07) is 34.3. The maximum absolute atomic E-state index is 17.1. The van der Waals surface area contributed by atoms with Gasteiger partial charge in [-0.1, -0.05) is 103 Å². The van der Waals surface area contributed by atoms with Crippen LogP contribution in [0.4, 0.5) is 10.2 Å². The van der Waals surface area contributed by atoms with E-state index in [9.17, 15) is 9.90 Å². The number of nitrogens with one attached hydrogen (secondary N) is 1. The molecule has 0 aliphatic heterocycles. The number of halogens is 2. The van der Waals surface area contributed by atoms with Crippen LogP contribution in [0.3, 0.4) is 0 Å². The molecule has 2 atom stereocenters. The fourth-order valence-electron chi connectivity index (χ4n) is 9.41. The third kappa shape index (κ3) is 5.80. The molecule has 4 saturated carbocycles. The van der Waals surface area contributed by atoms with Gasteiger partial charge in [-0.05, 0) is 85.1 Å². The van der Waals surface area contributed by atoms with E-state index in [2.05, 4.69) is 52.3 Å². The van der Waals surface area contributed by atoms with Crippen LogP contribution in [0.1, 0.15) is 66.0 Å². The number of anilines is 1. The molecule has 11 rings (SSSR count). The number of hydrogen-bond donors (Lipinski definition) is 2. The summed E-state index contributed by atoms with van der Waals surface area (Å²) in [5, 5.41) is 14.0. The number of rotatable bonds is 10. The molecule has 4 fully saturated rings. The number of carbonyl (C=O) groups is 1. The van der Waals surface area contributed by atoms with Crippen LogP contribution in [-0.2, 0) is 10.3 Å². The van der Waals surface area contributed by atoms with Crippen molar-refractivity contribution >= 4 is 45.9 Å². The maximum Gasteiger partial charge on any atom is 0.308 e. The first-order valence-electron chi connectivity index (χ1n) is 19.3. The van der Waals surface area contributed by atoms with E-state index in [4.69, 9.17) is 31.5 Å². The number of thiophene rings is 1. The van der Waals surface area contributed by atoms with Crippen LogP contribution in [0.25, 0.3) is 33.1 Å². The van der Waals surface area contributed by atoms with E-state index in [1.807, 2.05) is 66.9 Å². The van der Waals surface area contributed by atoms with Gasteiger partial charge in [0.1, 0.15) is 21.9 Å². The van der Waals surface area contributed by atoms with E-state index >= 15 is 4.39 Å². The van der Waals surface area contributed by atoms with Crippen molar-refractivity contribution in [2.24, 2.45) is 17.8 Å². The van der Waals surface area contributed by atoms with Crippen molar-refractivity contribution < 1.29 is 14.3 Å². The highest BCUT2D eigenvalue weighted by Crippen LogP contribution is 2.49. The maximum atomic E-state index is 17.1. The van der Waals surface area contributed by atoms with Crippen molar-refractivity contribution in [3.63, 3.8) is 0 Å². The van der Waals surface area contributed by atoms with Crippen molar-refractivity contribution in [3.8, 4) is 22.0 Å². The fraction of sp³-hybridized carbons (Fsp3) is 0.267. The van der Waals surface area contributed by atoms with Gasteiger partial charge in [0.25, 0.3) is 0 Å². The molecular weight excluding hydrogens is 743 g/mol. The number of aliphatic carboxylic acids is 1. The summed E-state index contributed by atoms with van der Waals surface area (Å²) in [7, 11) is 0. The third-order valence-corrected chi connectivity index (χ3v) is 13.6. The molecule has 0 amide bonds. The standard InChI is InChI=1S/C45H38ClFN6O2S/c46-35-24-48-43-39(49-35)32(25-53(43)45(29-10-4-1-5-11-29,30-12-6-2-7-13-30)31-14-8-3-9-15-31)41-51-40(34-23-22-33(56-34)26-16-17-26)37(47)42(52-41)50-38-28-20-18-27(19-21-28)36(38)44(54)55/h1-15,22-28,36,38H,16-21H2,(H,54,55)(H,50,51,52). The largest absolute Gasteiger partial charge is 0.481 e. The number of carboxylic acid groups (broad SMARTS) is 1. The predicted octanol–water partition coefficient (Wildman–Crippen LogP) is 10.4. The lowest BCUT2D eigenvalue weighted by Gasteiger charge is -2.47. The van der Waals surface area contributed by atoms with Gasteiger partial charge in [-0.15, -0.1) is 11.3 Å². The lowest BCUT2D eigenvalue weighted by Crippen LogP contribution is -2.51. The second-order valence-electron chi connectivity index (χ2n) is 15.3. The number of benzene rings is 3. The van der Waals surface area contributed by atoms with Crippen LogP contribution in [0.5, 0.6) is 0 Å². The summed E-state index contributed by atoms with van der Waals surface area (Å²) in [5.41, 5.74) is 3.68. The summed E-state index contributed by atoms with van der Waals surface area (Å²) < 4.78 is 19.2. The molecule has 2 bridgehead atoms. The van der Waals surface area contributed by atoms with Crippen molar-refractivity contribution in [2.75, 3.05) is 5.32 Å². The molecule has 11 heteroatoms. The van der Waals surface area contributed by atoms with Gasteiger partial charge in [-0.3, -0.25) is 4.79 Å². The highest BCUT2D eigenvalue weighted by atomic mass is 35.5. The highest BCUT2D eigenvalue weighted by molar-refractivity contribution is 7.15. The van der Waals surface area contributed by atoms with Crippen LogP contribution >= 0.6 is 22.9 Å². The minimum atomic E-state index is -0.949. The Labute approximate surface area is 332 Å². The molecule has 4 aromatic heterocycles. The Morgan fingerprint density at radius 1 is 0.804 bits per heavy atom. The Morgan fingerprint density at radius 2 is 1.41 bits per heavy atom. The van der Waals surface area contributed by atoms with Crippen LogP contribution in [-0.4, -0.2) is 41.6 Å². The molecule has 4 heterocycles. The topological polar surface area (TPSA) is 106 Å². The van der Waals surface area contributed by atoms with Crippen LogP contribution < -0.4 is 5.32 Å². The Morgan fingerprint density at radius 3 is 2.00 bits per heavy atom. The number of hydrogen-bond acceptors (Lipinski definition) is 7. The summed E-state index contributed by atoms with van der Waals surface area (Å²) in [6.45, 7) is 0. The van der Waals surface area contributed by atoms with Gasteiger partial charge < -0.3 is 15.0 Å². The predicted molar refractivity (Wildman–Crippen MR) is 217 cm³/mol. The van der Waals surface area contributed by atoms with Crippen molar-refractivity contribution in [1.82, 2.24) is 24.5 Å². The molecule has 8 nitrogen and oxygen atoms in total. The van der Waals surface area contributed by atoms with Crippen molar-refractivity contribution in [2.45, 2.75) is 56.0 Å². The van der Waals surface area contributed by atoms with E-state index in [1.54, 1.807) is 11.3 Å². The number of aromatic nitrogens is 5. The fourth-order valence-corrected chi connectivity index (χ4v) is 10.7. The lowest BCUT2D eigenvalue weighted by molar-refractivity contribution is -0.148. The quantitative estimate of drug-likeness (QED) is 0.133. The van der Waals surface area contributed by atoms with E-state index in [1.165, 1.54) is 11.1 Å². The van der Waals surface area contributed by atoms with Crippen molar-refractivity contribution in [3.05, 3.63) is 148 Å². The monoisotopic (exact) mass is 780 g/mol. The van der Waals surface area contributed by atoms with Gasteiger partial charge >= 0.3 is 5.97 Å². The summed E-state index contributed by atoms with van der Waals surface area (Å²) in [4.78, 5) is 34.3. The van der Waals surface area contributed by atoms with Crippen LogP contribution in [0, 0.1) is 23.6 Å². The van der Waals surface area contributed by atoms with Gasteiger partial charge in [-0.25, -0.2) is 24.3 Å². The Hall–Kier alpha value is -5.45. The molecule has 7 aromatic rings. The number of fused-ring (bicyclic) bond motifs is 4. The summed E-state index contributed by atoms with van der Waals surface area (Å²) >= 11 is 8.18. The Kier molecular flexibility index (Phi) is 8.71. The SMILES string of the molecule is O=C(O)C1C2CCC(CC2)C1Nc1nc(-c2cn(C(c3ccccc3)(c3ccccc3)c3ccccc3)c3ncc(Cl)nc23)nc(-c2ccc(C3CC3)s2)c1F. The second kappa shape index (κ2) is 13.9. The van der Waals surface area contributed by atoms with E-state index in [-0.39, 0.29) is 34.3 Å². The Balaban J connectivity index is 1.23. The van der Waals surface area contributed by atoms with Crippen molar-refractivity contribution in [1.29, 1.82) is 0 Å². The minimum Gasteiger partial charge on any atom is -0.481 e. The van der Waals surface area contributed by atoms with E-state index in [0.717, 1.165) is 55.2 Å². The molecule has 280 valence electrons. The molecule has 3 aromatic carbocycles. The molecule has 4 aliphatic carbocycles. The molecule has 2 unspecified atom stereocenters. The average Bonchev–Trinajstić information content (AvgIpc) is 3.85. The first-order valence-corrected chi connectivity index (χ1v) is 20.5. The van der Waals surface area contributed by atoms with Gasteiger partial charge in [0.15, 0.2) is 23.1 Å². The van der Waals surface area contributed by atoms with Crippen LogP contribution in [0.2, 0.25) is 5.15 Å². The molecule has 0 saturated heterocycles. The second-order valence-corrected chi connectivity index (χ2v) is 16.8. The van der Waals surface area contributed by atoms with Gasteiger partial charge in [0.2, 0.25) is 0 Å². The van der Waals surface area contributed by atoms with Crippen LogP contribution in [0.15, 0.2) is 116 Å². The zero-order chi connectivity index (χ0) is 38.0. The summed E-state index contributed by atoms with van der Waals surface area (Å²) in [5.74, 6) is -1.23. The zero-order valence-corrected chi connectivity index (χ0v) is 31.9. The molecule has 0 radical (unpaired) electrons. The molecule has 4 aliphatic rings.